The highest BCUT2D eigenvalue weighted by Gasteiger charge is 2.45. The van der Waals surface area contributed by atoms with Crippen molar-refractivity contribution >= 4 is 6.09 Å². The third-order valence-electron chi connectivity index (χ3n) is 2.86. The van der Waals surface area contributed by atoms with E-state index in [-0.39, 0.29) is 26.1 Å². The Morgan fingerprint density at radius 1 is 1.50 bits per heavy atom. The molecule has 1 unspecified atom stereocenters. The van der Waals surface area contributed by atoms with Crippen LogP contribution >= 0.6 is 0 Å². The van der Waals surface area contributed by atoms with Gasteiger partial charge in [0, 0.05) is 26.1 Å². The highest BCUT2D eigenvalue weighted by molar-refractivity contribution is 5.68. The molecule has 1 rings (SSSR count). The maximum absolute atomic E-state index is 13.6. The van der Waals surface area contributed by atoms with E-state index in [4.69, 9.17) is 4.74 Å². The van der Waals surface area contributed by atoms with E-state index in [0.29, 0.717) is 0 Å². The summed E-state index contributed by atoms with van der Waals surface area (Å²) < 4.78 is 32.4. The van der Waals surface area contributed by atoms with Gasteiger partial charge in [-0.2, -0.15) is 0 Å². The fourth-order valence-electron chi connectivity index (χ4n) is 1.93. The molecule has 1 aliphatic rings. The Bertz CT molecular complexity index is 303. The van der Waals surface area contributed by atoms with Crippen molar-refractivity contribution in [1.29, 1.82) is 0 Å². The summed E-state index contributed by atoms with van der Waals surface area (Å²) in [5, 5.41) is 2.74. The molecule has 0 aromatic heterocycles. The van der Waals surface area contributed by atoms with E-state index >= 15 is 0 Å². The summed E-state index contributed by atoms with van der Waals surface area (Å²) >= 11 is 0. The van der Waals surface area contributed by atoms with Crippen molar-refractivity contribution in [3.8, 4) is 0 Å². The molecule has 1 N–H and O–H groups in total. The van der Waals surface area contributed by atoms with Crippen LogP contribution in [0.25, 0.3) is 0 Å². The van der Waals surface area contributed by atoms with Crippen LogP contribution in [-0.4, -0.2) is 49.2 Å². The molecule has 4 nitrogen and oxygen atoms in total. The standard InChI is InChI=1S/C12H22F2N2O2/c1-11(2,3)18-10(17)16-6-5-12(13,14)9(8-16)7-15-4/h9,15H,5-8H2,1-4H3. The number of piperidine rings is 1. The molecular formula is C12H22F2N2O2. The largest absolute Gasteiger partial charge is 0.444 e. The molecule has 1 aliphatic heterocycles. The van der Waals surface area contributed by atoms with Crippen LogP contribution < -0.4 is 5.32 Å². The van der Waals surface area contributed by atoms with Crippen molar-refractivity contribution in [3.63, 3.8) is 0 Å². The first kappa shape index (κ1) is 15.1. The highest BCUT2D eigenvalue weighted by atomic mass is 19.3. The molecule has 18 heavy (non-hydrogen) atoms. The van der Waals surface area contributed by atoms with Crippen LogP contribution in [0.15, 0.2) is 0 Å². The Kier molecular flexibility index (Phi) is 4.53. The van der Waals surface area contributed by atoms with E-state index in [2.05, 4.69) is 5.32 Å². The lowest BCUT2D eigenvalue weighted by Crippen LogP contribution is -2.52. The lowest BCUT2D eigenvalue weighted by molar-refractivity contribution is -0.103. The molecule has 0 bridgehead atoms. The summed E-state index contributed by atoms with van der Waals surface area (Å²) in [5.74, 6) is -3.58. The monoisotopic (exact) mass is 264 g/mol. The minimum absolute atomic E-state index is 0.0305. The van der Waals surface area contributed by atoms with Gasteiger partial charge in [-0.1, -0.05) is 0 Å². The van der Waals surface area contributed by atoms with Gasteiger partial charge in [0.05, 0.1) is 5.92 Å². The highest BCUT2D eigenvalue weighted by Crippen LogP contribution is 2.33. The number of hydrogen-bond donors (Lipinski definition) is 1. The van der Waals surface area contributed by atoms with Gasteiger partial charge in [0.15, 0.2) is 0 Å². The van der Waals surface area contributed by atoms with E-state index in [1.54, 1.807) is 27.8 Å². The Hall–Kier alpha value is -0.910. The van der Waals surface area contributed by atoms with Gasteiger partial charge in [-0.25, -0.2) is 13.6 Å². The number of likely N-dealkylation sites (tertiary alicyclic amines) is 1. The third kappa shape index (κ3) is 4.08. The zero-order valence-corrected chi connectivity index (χ0v) is 11.4. The second-order valence-corrected chi connectivity index (χ2v) is 5.69. The van der Waals surface area contributed by atoms with Crippen LogP contribution in [0.1, 0.15) is 27.2 Å². The Balaban J connectivity index is 2.63. The molecule has 1 atom stereocenters. The van der Waals surface area contributed by atoms with Gasteiger partial charge in [-0.05, 0) is 27.8 Å². The molecule has 0 spiro atoms. The van der Waals surface area contributed by atoms with E-state index in [1.807, 2.05) is 0 Å². The zero-order valence-electron chi connectivity index (χ0n) is 11.4. The molecule has 1 fully saturated rings. The summed E-state index contributed by atoms with van der Waals surface area (Å²) in [6, 6.07) is 0. The number of halogens is 2. The fraction of sp³-hybridized carbons (Fsp3) is 0.917. The molecule has 0 aromatic rings. The topological polar surface area (TPSA) is 41.6 Å². The van der Waals surface area contributed by atoms with Crippen LogP contribution in [0.5, 0.6) is 0 Å². The van der Waals surface area contributed by atoms with Crippen molar-refractivity contribution in [2.75, 3.05) is 26.7 Å². The zero-order chi connectivity index (χ0) is 14.0. The molecule has 6 heteroatoms. The van der Waals surface area contributed by atoms with Crippen molar-refractivity contribution < 1.29 is 18.3 Å². The summed E-state index contributed by atoms with van der Waals surface area (Å²) in [4.78, 5) is 13.2. The molecule has 1 saturated heterocycles. The Labute approximate surface area is 107 Å². The second kappa shape index (κ2) is 5.38. The van der Waals surface area contributed by atoms with Crippen LogP contribution in [0.2, 0.25) is 0 Å². The van der Waals surface area contributed by atoms with Crippen LogP contribution in [0.4, 0.5) is 13.6 Å². The van der Waals surface area contributed by atoms with Gasteiger partial charge in [-0.15, -0.1) is 0 Å². The van der Waals surface area contributed by atoms with Gasteiger partial charge in [0.25, 0.3) is 5.92 Å². The van der Waals surface area contributed by atoms with Crippen molar-refractivity contribution in [1.82, 2.24) is 10.2 Å². The number of amides is 1. The smallest absolute Gasteiger partial charge is 0.410 e. The van der Waals surface area contributed by atoms with Gasteiger partial charge in [0.2, 0.25) is 0 Å². The summed E-state index contributed by atoms with van der Waals surface area (Å²) in [7, 11) is 1.63. The molecule has 1 heterocycles. The average molecular weight is 264 g/mol. The van der Waals surface area contributed by atoms with Crippen LogP contribution in [-0.2, 0) is 4.74 Å². The first-order chi connectivity index (χ1) is 8.15. The molecule has 0 radical (unpaired) electrons. The maximum Gasteiger partial charge on any atom is 0.410 e. The van der Waals surface area contributed by atoms with E-state index in [0.717, 1.165) is 0 Å². The van der Waals surface area contributed by atoms with Gasteiger partial charge in [0.1, 0.15) is 5.60 Å². The number of nitrogens with one attached hydrogen (secondary N) is 1. The predicted octanol–water partition coefficient (Wildman–Crippen LogP) is 2.10. The number of rotatable bonds is 2. The van der Waals surface area contributed by atoms with Gasteiger partial charge in [-0.3, -0.25) is 0 Å². The van der Waals surface area contributed by atoms with Crippen LogP contribution in [0.3, 0.4) is 0 Å². The quantitative estimate of drug-likeness (QED) is 0.830. The first-order valence-electron chi connectivity index (χ1n) is 6.16. The first-order valence-corrected chi connectivity index (χ1v) is 6.16. The molecule has 0 aliphatic carbocycles. The molecule has 0 saturated carbocycles. The lowest BCUT2D eigenvalue weighted by atomic mass is 9.93. The Morgan fingerprint density at radius 2 is 2.11 bits per heavy atom. The number of carbonyl (C=O) groups is 1. The number of alkyl halides is 2. The maximum atomic E-state index is 13.6. The molecular weight excluding hydrogens is 242 g/mol. The molecule has 0 aromatic carbocycles. The van der Waals surface area contributed by atoms with Crippen molar-refractivity contribution in [3.05, 3.63) is 0 Å². The average Bonchev–Trinajstić information content (AvgIpc) is 2.18. The normalized spacial score (nSPS) is 23.9. The number of nitrogens with zero attached hydrogens (tertiary/aromatic N) is 1. The molecule has 106 valence electrons. The summed E-state index contributed by atoms with van der Waals surface area (Å²) in [6.45, 7) is 5.54. The molecule has 1 amide bonds. The Morgan fingerprint density at radius 3 is 2.61 bits per heavy atom. The number of hydrogen-bond acceptors (Lipinski definition) is 3. The van der Waals surface area contributed by atoms with Crippen molar-refractivity contribution in [2.45, 2.75) is 38.7 Å². The SMILES string of the molecule is CNCC1CN(C(=O)OC(C)(C)C)CCC1(F)F. The van der Waals surface area contributed by atoms with Gasteiger partial charge < -0.3 is 15.0 Å². The summed E-state index contributed by atoms with van der Waals surface area (Å²) in [5.41, 5.74) is -0.602. The fourth-order valence-corrected chi connectivity index (χ4v) is 1.93. The van der Waals surface area contributed by atoms with Crippen molar-refractivity contribution in [2.24, 2.45) is 5.92 Å². The number of carbonyl (C=O) groups excluding carboxylic acids is 1. The lowest BCUT2D eigenvalue weighted by Gasteiger charge is -2.38. The second-order valence-electron chi connectivity index (χ2n) is 5.69. The summed E-state index contributed by atoms with van der Waals surface area (Å²) in [6.07, 6.45) is -0.822. The van der Waals surface area contributed by atoms with E-state index in [1.165, 1.54) is 4.90 Å². The van der Waals surface area contributed by atoms with E-state index in [9.17, 15) is 13.6 Å². The van der Waals surface area contributed by atoms with E-state index < -0.39 is 23.5 Å². The predicted molar refractivity (Wildman–Crippen MR) is 64.8 cm³/mol. The van der Waals surface area contributed by atoms with Crippen LogP contribution in [0, 0.1) is 5.92 Å². The minimum Gasteiger partial charge on any atom is -0.444 e. The van der Waals surface area contributed by atoms with Gasteiger partial charge >= 0.3 is 6.09 Å². The third-order valence-corrected chi connectivity index (χ3v) is 2.86. The minimum atomic E-state index is -2.72. The number of ether oxygens (including phenoxy) is 1.